The summed E-state index contributed by atoms with van der Waals surface area (Å²) in [5, 5.41) is 0. The summed E-state index contributed by atoms with van der Waals surface area (Å²) >= 11 is 0. The molecule has 0 spiro atoms. The minimum Gasteiger partial charge on any atom is -0.497 e. The average Bonchev–Trinajstić information content (AvgIpc) is 2.47. The van der Waals surface area contributed by atoms with E-state index in [1.54, 1.807) is 49.4 Å². The number of ether oxygens (including phenoxy) is 2. The number of hydrogen-bond donors (Lipinski definition) is 1. The smallest absolute Gasteiger partial charge is 0.262 e. The molecule has 2 aromatic carbocycles. The Bertz CT molecular complexity index is 741. The molecule has 0 bridgehead atoms. The molecule has 0 unspecified atom stereocenters. The first-order chi connectivity index (χ1) is 9.97. The predicted octanol–water partition coefficient (Wildman–Crippen LogP) is 2.81. The maximum absolute atomic E-state index is 12.5. The highest BCUT2D eigenvalue weighted by Crippen LogP contribution is 2.31. The zero-order valence-corrected chi connectivity index (χ0v) is 12.9. The first kappa shape index (κ1) is 15.2. The van der Waals surface area contributed by atoms with Gasteiger partial charge in [0, 0.05) is 6.07 Å². The minimum absolute atomic E-state index is 0.231. The van der Waals surface area contributed by atoms with Crippen LogP contribution < -0.4 is 14.2 Å². The number of aryl methyl sites for hydroxylation is 1. The Hall–Kier alpha value is -2.21. The summed E-state index contributed by atoms with van der Waals surface area (Å²) in [6.07, 6.45) is 0. The minimum atomic E-state index is -3.69. The average molecular weight is 307 g/mol. The molecule has 5 nitrogen and oxygen atoms in total. The van der Waals surface area contributed by atoms with E-state index in [1.807, 2.05) is 0 Å². The van der Waals surface area contributed by atoms with Crippen molar-refractivity contribution >= 4 is 15.7 Å². The molecule has 112 valence electrons. The molecular weight excluding hydrogens is 290 g/mol. The van der Waals surface area contributed by atoms with Crippen molar-refractivity contribution in [3.8, 4) is 11.5 Å². The summed E-state index contributed by atoms with van der Waals surface area (Å²) in [6.45, 7) is 1.75. The molecule has 0 aliphatic rings. The third kappa shape index (κ3) is 3.28. The number of benzene rings is 2. The van der Waals surface area contributed by atoms with Gasteiger partial charge in [0.15, 0.2) is 0 Å². The molecule has 21 heavy (non-hydrogen) atoms. The van der Waals surface area contributed by atoms with Gasteiger partial charge in [-0.1, -0.05) is 18.2 Å². The number of rotatable bonds is 5. The Morgan fingerprint density at radius 2 is 1.71 bits per heavy atom. The molecule has 0 atom stereocenters. The van der Waals surface area contributed by atoms with Crippen LogP contribution in [0.25, 0.3) is 0 Å². The SMILES string of the molecule is COc1ccc(OC)c(NS(=O)(=O)c2ccccc2C)c1. The van der Waals surface area contributed by atoms with Gasteiger partial charge in [0.1, 0.15) is 11.5 Å². The molecule has 2 aromatic rings. The third-order valence-electron chi connectivity index (χ3n) is 3.03. The molecule has 0 aliphatic heterocycles. The summed E-state index contributed by atoms with van der Waals surface area (Å²) in [7, 11) is -0.692. The van der Waals surface area contributed by atoms with Gasteiger partial charge in [-0.25, -0.2) is 8.42 Å². The van der Waals surface area contributed by atoms with E-state index < -0.39 is 10.0 Å². The normalized spacial score (nSPS) is 11.0. The lowest BCUT2D eigenvalue weighted by Gasteiger charge is -2.14. The zero-order valence-electron chi connectivity index (χ0n) is 12.1. The van der Waals surface area contributed by atoms with Gasteiger partial charge in [-0.05, 0) is 30.7 Å². The maximum atomic E-state index is 12.5. The predicted molar refractivity (Wildman–Crippen MR) is 81.5 cm³/mol. The molecule has 0 saturated carbocycles. The van der Waals surface area contributed by atoms with Crippen molar-refractivity contribution in [1.82, 2.24) is 0 Å². The molecule has 0 radical (unpaired) electrons. The fraction of sp³-hybridized carbons (Fsp3) is 0.200. The highest BCUT2D eigenvalue weighted by molar-refractivity contribution is 7.92. The van der Waals surface area contributed by atoms with Gasteiger partial charge in [0.05, 0.1) is 24.8 Å². The van der Waals surface area contributed by atoms with Crippen LogP contribution >= 0.6 is 0 Å². The van der Waals surface area contributed by atoms with Crippen LogP contribution in [0.3, 0.4) is 0 Å². The van der Waals surface area contributed by atoms with Gasteiger partial charge in [-0.3, -0.25) is 4.72 Å². The van der Waals surface area contributed by atoms with Crippen molar-refractivity contribution in [2.45, 2.75) is 11.8 Å². The number of nitrogens with one attached hydrogen (secondary N) is 1. The van der Waals surface area contributed by atoms with Crippen molar-refractivity contribution in [1.29, 1.82) is 0 Å². The molecule has 1 N–H and O–H groups in total. The van der Waals surface area contributed by atoms with E-state index in [9.17, 15) is 8.42 Å². The molecule has 6 heteroatoms. The van der Waals surface area contributed by atoms with Gasteiger partial charge >= 0.3 is 0 Å². The summed E-state index contributed by atoms with van der Waals surface area (Å²) in [5.74, 6) is 0.964. The van der Waals surface area contributed by atoms with E-state index in [0.717, 1.165) is 0 Å². The van der Waals surface area contributed by atoms with E-state index in [-0.39, 0.29) is 4.90 Å². The summed E-state index contributed by atoms with van der Waals surface area (Å²) in [6, 6.07) is 11.7. The highest BCUT2D eigenvalue weighted by atomic mass is 32.2. The largest absolute Gasteiger partial charge is 0.497 e. The topological polar surface area (TPSA) is 64.6 Å². The first-order valence-corrected chi connectivity index (χ1v) is 7.76. The molecular formula is C15H17NO4S. The molecule has 0 aliphatic carbocycles. The Morgan fingerprint density at radius 1 is 1.00 bits per heavy atom. The van der Waals surface area contributed by atoms with Crippen molar-refractivity contribution in [2.24, 2.45) is 0 Å². The third-order valence-corrected chi connectivity index (χ3v) is 4.56. The first-order valence-electron chi connectivity index (χ1n) is 6.28. The second-order valence-electron chi connectivity index (χ2n) is 4.44. The van der Waals surface area contributed by atoms with Crippen LogP contribution in [0.4, 0.5) is 5.69 Å². The van der Waals surface area contributed by atoms with Crippen LogP contribution in [0.2, 0.25) is 0 Å². The molecule has 0 heterocycles. The monoisotopic (exact) mass is 307 g/mol. The second kappa shape index (κ2) is 6.05. The van der Waals surface area contributed by atoms with Gasteiger partial charge in [-0.15, -0.1) is 0 Å². The fourth-order valence-electron chi connectivity index (χ4n) is 1.95. The fourth-order valence-corrected chi connectivity index (χ4v) is 3.26. The zero-order chi connectivity index (χ0) is 15.5. The maximum Gasteiger partial charge on any atom is 0.262 e. The van der Waals surface area contributed by atoms with Crippen LogP contribution in [0.15, 0.2) is 47.4 Å². The van der Waals surface area contributed by atoms with Gasteiger partial charge in [-0.2, -0.15) is 0 Å². The van der Waals surface area contributed by atoms with Crippen LogP contribution in [0.1, 0.15) is 5.56 Å². The number of anilines is 1. The quantitative estimate of drug-likeness (QED) is 0.922. The molecule has 0 fully saturated rings. The Kier molecular flexibility index (Phi) is 4.37. The standard InChI is InChI=1S/C15H17NO4S/c1-11-6-4-5-7-15(11)21(17,18)16-13-10-12(19-2)8-9-14(13)20-3/h4-10,16H,1-3H3. The lowest BCUT2D eigenvalue weighted by Crippen LogP contribution is -2.14. The second-order valence-corrected chi connectivity index (χ2v) is 6.09. The van der Waals surface area contributed by atoms with E-state index in [2.05, 4.69) is 4.72 Å². The Balaban J connectivity index is 2.43. The van der Waals surface area contributed by atoms with Crippen LogP contribution in [0.5, 0.6) is 11.5 Å². The number of hydrogen-bond acceptors (Lipinski definition) is 4. The van der Waals surface area contributed by atoms with Crippen LogP contribution in [-0.4, -0.2) is 22.6 Å². The van der Waals surface area contributed by atoms with Gasteiger partial charge in [0.25, 0.3) is 10.0 Å². The van der Waals surface area contributed by atoms with Crippen LogP contribution in [-0.2, 0) is 10.0 Å². The lowest BCUT2D eigenvalue weighted by molar-refractivity contribution is 0.405. The lowest BCUT2D eigenvalue weighted by atomic mass is 10.2. The van der Waals surface area contributed by atoms with Crippen molar-refractivity contribution in [2.75, 3.05) is 18.9 Å². The molecule has 2 rings (SSSR count). The highest BCUT2D eigenvalue weighted by Gasteiger charge is 2.18. The molecule has 0 amide bonds. The van der Waals surface area contributed by atoms with Crippen molar-refractivity contribution in [3.63, 3.8) is 0 Å². The van der Waals surface area contributed by atoms with Crippen molar-refractivity contribution in [3.05, 3.63) is 48.0 Å². The Labute approximate surface area is 124 Å². The molecule has 0 saturated heterocycles. The van der Waals surface area contributed by atoms with E-state index in [1.165, 1.54) is 14.2 Å². The van der Waals surface area contributed by atoms with E-state index in [0.29, 0.717) is 22.7 Å². The van der Waals surface area contributed by atoms with Gasteiger partial charge in [0.2, 0.25) is 0 Å². The summed E-state index contributed by atoms with van der Waals surface area (Å²) < 4.78 is 37.8. The van der Waals surface area contributed by atoms with Crippen molar-refractivity contribution < 1.29 is 17.9 Å². The molecule has 0 aromatic heterocycles. The van der Waals surface area contributed by atoms with Crippen LogP contribution in [0, 0.1) is 6.92 Å². The van der Waals surface area contributed by atoms with E-state index >= 15 is 0 Å². The van der Waals surface area contributed by atoms with E-state index in [4.69, 9.17) is 9.47 Å². The van der Waals surface area contributed by atoms with Gasteiger partial charge < -0.3 is 9.47 Å². The summed E-state index contributed by atoms with van der Waals surface area (Å²) in [5.41, 5.74) is 1.01. The Morgan fingerprint density at radius 3 is 2.33 bits per heavy atom. The summed E-state index contributed by atoms with van der Waals surface area (Å²) in [4.78, 5) is 0.231. The number of methoxy groups -OCH3 is 2. The number of sulfonamides is 1.